The van der Waals surface area contributed by atoms with Crippen LogP contribution in [0.15, 0.2) is 206 Å². The summed E-state index contributed by atoms with van der Waals surface area (Å²) in [7, 11) is 0. The van der Waals surface area contributed by atoms with Crippen LogP contribution < -0.4 is 4.74 Å². The molecule has 0 saturated carbocycles. The average Bonchev–Trinajstić information content (AvgIpc) is 3.37. The minimum atomic E-state index is -0.413. The van der Waals surface area contributed by atoms with Crippen molar-refractivity contribution in [2.24, 2.45) is 0 Å². The summed E-state index contributed by atoms with van der Waals surface area (Å²) in [4.78, 5) is 29.9. The number of aromatic nitrogens is 6. The van der Waals surface area contributed by atoms with Crippen molar-refractivity contribution in [3.8, 4) is 85.2 Å². The first kappa shape index (κ1) is 42.5. The normalized spacial score (nSPS) is 14.3. The first-order valence-electron chi connectivity index (χ1n) is 22.5. The van der Waals surface area contributed by atoms with Crippen LogP contribution in [0.4, 0.5) is 0 Å². The molecule has 0 saturated heterocycles. The highest BCUT2D eigenvalue weighted by molar-refractivity contribution is 5.81. The molecule has 7 nitrogen and oxygen atoms in total. The summed E-state index contributed by atoms with van der Waals surface area (Å²) in [5.41, 5.74) is 13.5. The van der Waals surface area contributed by atoms with Gasteiger partial charge in [0.05, 0.1) is 0 Å². The van der Waals surface area contributed by atoms with Gasteiger partial charge in [-0.3, -0.25) is 0 Å². The largest absolute Gasteiger partial charge is 0.456 e. The SMILES string of the molecule is C=CC=C1/C(=C(\C)c2ccc(-c3nc(-c4ccccc4)nc(-c4ccccc4C)n3)cc2)Oc2c(-c3ccc(-c4nc(-c5ccccc5)nc(-c5ccccc5C)n4)cc3)cccc2C1(C)C. The summed E-state index contributed by atoms with van der Waals surface area (Å²) >= 11 is 0. The molecule has 0 spiro atoms. The van der Waals surface area contributed by atoms with Crippen LogP contribution in [-0.2, 0) is 5.41 Å². The molecule has 0 amide bonds. The molecule has 0 fully saturated rings. The van der Waals surface area contributed by atoms with E-state index in [0.29, 0.717) is 34.9 Å². The molecule has 7 aromatic carbocycles. The Morgan fingerprint density at radius 2 is 0.851 bits per heavy atom. The number of fused-ring (bicyclic) bond motifs is 1. The van der Waals surface area contributed by atoms with Crippen molar-refractivity contribution >= 4 is 5.57 Å². The molecule has 0 unspecified atom stereocenters. The maximum absolute atomic E-state index is 7.14. The van der Waals surface area contributed by atoms with Crippen LogP contribution in [0.5, 0.6) is 5.75 Å². The van der Waals surface area contributed by atoms with Crippen LogP contribution in [-0.4, -0.2) is 29.9 Å². The van der Waals surface area contributed by atoms with Gasteiger partial charge >= 0.3 is 0 Å². The molecule has 9 aromatic rings. The summed E-state index contributed by atoms with van der Waals surface area (Å²) in [5, 5.41) is 0. The topological polar surface area (TPSA) is 86.6 Å². The molecule has 67 heavy (non-hydrogen) atoms. The smallest absolute Gasteiger partial charge is 0.164 e. The molecular weight excluding hydrogens is 821 g/mol. The number of hydrogen-bond donors (Lipinski definition) is 0. The number of hydrogen-bond acceptors (Lipinski definition) is 7. The minimum Gasteiger partial charge on any atom is -0.456 e. The van der Waals surface area contributed by atoms with E-state index in [9.17, 15) is 0 Å². The molecule has 0 radical (unpaired) electrons. The van der Waals surface area contributed by atoms with Gasteiger partial charge in [0.2, 0.25) is 0 Å². The van der Waals surface area contributed by atoms with Crippen LogP contribution in [0.3, 0.4) is 0 Å². The Bertz CT molecular complexity index is 3370. The van der Waals surface area contributed by atoms with Crippen molar-refractivity contribution in [3.05, 3.63) is 228 Å². The number of para-hydroxylation sites is 1. The van der Waals surface area contributed by atoms with Gasteiger partial charge in [-0.2, -0.15) is 0 Å². The highest BCUT2D eigenvalue weighted by Gasteiger charge is 2.38. The second-order valence-corrected chi connectivity index (χ2v) is 17.3. The van der Waals surface area contributed by atoms with E-state index < -0.39 is 5.41 Å². The lowest BCUT2D eigenvalue weighted by Gasteiger charge is -2.38. The van der Waals surface area contributed by atoms with E-state index in [2.05, 4.69) is 138 Å². The summed E-state index contributed by atoms with van der Waals surface area (Å²) < 4.78 is 7.14. The fraction of sp³-hybridized carbons (Fsp3) is 0.100. The summed E-state index contributed by atoms with van der Waals surface area (Å²) in [6, 6.07) is 59.7. The van der Waals surface area contributed by atoms with E-state index in [4.69, 9.17) is 34.6 Å². The second kappa shape index (κ2) is 17.9. The summed E-state index contributed by atoms with van der Waals surface area (Å²) in [6.45, 7) is 14.9. The van der Waals surface area contributed by atoms with Crippen molar-refractivity contribution in [1.82, 2.24) is 29.9 Å². The van der Waals surface area contributed by atoms with Crippen LogP contribution in [0.2, 0.25) is 0 Å². The molecule has 0 N–H and O–H groups in total. The first-order chi connectivity index (χ1) is 32.7. The predicted octanol–water partition coefficient (Wildman–Crippen LogP) is 14.6. The number of ether oxygens (including phenoxy) is 1. The average molecular weight is 869 g/mol. The van der Waals surface area contributed by atoms with Crippen LogP contribution in [0.25, 0.3) is 85.0 Å². The van der Waals surface area contributed by atoms with Gasteiger partial charge in [-0.25, -0.2) is 29.9 Å². The van der Waals surface area contributed by atoms with Gasteiger partial charge in [0.1, 0.15) is 11.5 Å². The zero-order chi connectivity index (χ0) is 46.1. The van der Waals surface area contributed by atoms with E-state index in [-0.39, 0.29) is 0 Å². The molecule has 3 heterocycles. The molecule has 7 heteroatoms. The fourth-order valence-electron chi connectivity index (χ4n) is 8.76. The third-order valence-corrected chi connectivity index (χ3v) is 12.6. The molecule has 1 aliphatic heterocycles. The Balaban J connectivity index is 1.01. The summed E-state index contributed by atoms with van der Waals surface area (Å²) in [6.07, 6.45) is 3.92. The minimum absolute atomic E-state index is 0.413. The predicted molar refractivity (Wildman–Crippen MR) is 272 cm³/mol. The zero-order valence-electron chi connectivity index (χ0n) is 38.2. The Kier molecular flexibility index (Phi) is 11.3. The van der Waals surface area contributed by atoms with Crippen molar-refractivity contribution in [3.63, 3.8) is 0 Å². The number of benzene rings is 7. The highest BCUT2D eigenvalue weighted by atomic mass is 16.5. The van der Waals surface area contributed by atoms with Crippen LogP contribution >= 0.6 is 0 Å². The Morgan fingerprint density at radius 3 is 1.33 bits per heavy atom. The molecule has 0 aliphatic carbocycles. The fourth-order valence-corrected chi connectivity index (χ4v) is 8.76. The lowest BCUT2D eigenvalue weighted by Crippen LogP contribution is -2.29. The van der Waals surface area contributed by atoms with E-state index >= 15 is 0 Å². The van der Waals surface area contributed by atoms with Gasteiger partial charge < -0.3 is 4.74 Å². The standard InChI is InChI=1S/C60H48N6O/c1-7-19-50-52(40(4)41-30-34-45(35-31-41)56-61-54(43-22-10-8-11-23-43)63-58(65-56)47-26-16-14-20-38(47)2)67-53-49(28-18-29-51(53)60(50,5)6)42-32-36-46(37-33-42)57-62-55(44-24-12-9-13-25-44)64-59(66-57)48-27-17-15-21-39(48)3/h7-37H,1H2,2-6H3/b50-19?,52-40-. The van der Waals surface area contributed by atoms with E-state index in [1.54, 1.807) is 0 Å². The van der Waals surface area contributed by atoms with Gasteiger partial charge in [-0.15, -0.1) is 0 Å². The first-order valence-corrected chi connectivity index (χ1v) is 22.5. The van der Waals surface area contributed by atoms with Crippen LogP contribution in [0.1, 0.15) is 43.0 Å². The molecule has 1 aliphatic rings. The van der Waals surface area contributed by atoms with E-state index in [1.165, 1.54) is 0 Å². The number of nitrogens with zero attached hydrogens (tertiary/aromatic N) is 6. The molecule has 0 atom stereocenters. The molecule has 2 aromatic heterocycles. The van der Waals surface area contributed by atoms with E-state index in [0.717, 1.165) is 89.4 Å². The number of rotatable bonds is 9. The van der Waals surface area contributed by atoms with Gasteiger partial charge in [-0.05, 0) is 48.6 Å². The van der Waals surface area contributed by atoms with Crippen molar-refractivity contribution in [2.45, 2.75) is 40.0 Å². The van der Waals surface area contributed by atoms with Gasteiger partial charge in [0.15, 0.2) is 34.9 Å². The van der Waals surface area contributed by atoms with Crippen molar-refractivity contribution < 1.29 is 4.74 Å². The number of allylic oxidation sites excluding steroid dienone is 4. The molecular formula is C60H48N6O. The molecule has 0 bridgehead atoms. The second-order valence-electron chi connectivity index (χ2n) is 17.3. The third-order valence-electron chi connectivity index (χ3n) is 12.6. The van der Waals surface area contributed by atoms with Crippen molar-refractivity contribution in [2.75, 3.05) is 0 Å². The molecule has 324 valence electrons. The Morgan fingerprint density at radius 1 is 0.448 bits per heavy atom. The maximum Gasteiger partial charge on any atom is 0.164 e. The quantitative estimate of drug-likeness (QED) is 0.143. The van der Waals surface area contributed by atoms with Crippen molar-refractivity contribution in [1.29, 1.82) is 0 Å². The highest BCUT2D eigenvalue weighted by Crippen LogP contribution is 2.51. The lowest BCUT2D eigenvalue weighted by atomic mass is 9.72. The molecule has 10 rings (SSSR count). The van der Waals surface area contributed by atoms with Gasteiger partial charge in [0, 0.05) is 55.5 Å². The third kappa shape index (κ3) is 8.28. The summed E-state index contributed by atoms with van der Waals surface area (Å²) in [5.74, 6) is 5.37. The van der Waals surface area contributed by atoms with Gasteiger partial charge in [0.25, 0.3) is 0 Å². The monoisotopic (exact) mass is 868 g/mol. The Labute approximate surface area is 392 Å². The Hall–Kier alpha value is -8.42. The van der Waals surface area contributed by atoms with Crippen LogP contribution in [0, 0.1) is 13.8 Å². The zero-order valence-corrected chi connectivity index (χ0v) is 38.2. The lowest BCUT2D eigenvalue weighted by molar-refractivity contribution is 0.376. The maximum atomic E-state index is 7.14. The number of aryl methyl sites for hydroxylation is 2. The van der Waals surface area contributed by atoms with E-state index in [1.807, 2.05) is 91.0 Å². The van der Waals surface area contributed by atoms with Gasteiger partial charge in [-0.1, -0.05) is 209 Å².